The fourth-order valence-corrected chi connectivity index (χ4v) is 9.93. The molecular formula is C57H48Cl2F7N3. The molecule has 0 aliphatic rings. The van der Waals surface area contributed by atoms with Crippen LogP contribution >= 0.6 is 23.2 Å². The molecule has 12 heteroatoms. The Labute approximate surface area is 406 Å². The average molecular weight is 979 g/mol. The minimum Gasteiger partial charge on any atom is -0.327 e. The zero-order chi connectivity index (χ0) is 49.0. The van der Waals surface area contributed by atoms with Gasteiger partial charge in [0.15, 0.2) is 0 Å². The number of benzene rings is 8. The molecule has 0 saturated heterocycles. The first-order chi connectivity index (χ1) is 32.9. The molecule has 0 radical (unpaired) electrons. The molecule has 0 saturated carbocycles. The summed E-state index contributed by atoms with van der Waals surface area (Å²) in [5, 5.41) is 1.10. The highest BCUT2D eigenvalue weighted by Gasteiger charge is 2.45. The van der Waals surface area contributed by atoms with Gasteiger partial charge in [0, 0.05) is 18.1 Å². The van der Waals surface area contributed by atoms with Crippen molar-refractivity contribution in [2.75, 3.05) is 0 Å². The van der Waals surface area contributed by atoms with E-state index in [4.69, 9.17) is 40.4 Å². The molecule has 0 aliphatic heterocycles. The van der Waals surface area contributed by atoms with Gasteiger partial charge >= 0.3 is 12.4 Å². The van der Waals surface area contributed by atoms with Gasteiger partial charge in [0.2, 0.25) is 0 Å². The van der Waals surface area contributed by atoms with E-state index in [0.717, 1.165) is 28.8 Å². The Hall–Kier alpha value is -6.01. The van der Waals surface area contributed by atoms with Crippen molar-refractivity contribution in [1.82, 2.24) is 0 Å². The van der Waals surface area contributed by atoms with Crippen LogP contribution in [0.15, 0.2) is 164 Å². The lowest BCUT2D eigenvalue weighted by Crippen LogP contribution is -2.28. The molecule has 8 aromatic carbocycles. The Kier molecular flexibility index (Phi) is 15.0. The van der Waals surface area contributed by atoms with Crippen LogP contribution in [-0.4, -0.2) is 18.1 Å². The van der Waals surface area contributed by atoms with Crippen molar-refractivity contribution < 1.29 is 30.7 Å². The van der Waals surface area contributed by atoms with E-state index < -0.39 is 53.0 Å². The second kappa shape index (κ2) is 20.9. The molecule has 0 aromatic heterocycles. The van der Waals surface area contributed by atoms with Crippen molar-refractivity contribution in [1.29, 1.82) is 0 Å². The van der Waals surface area contributed by atoms with Gasteiger partial charge < -0.3 is 17.2 Å². The maximum absolute atomic E-state index is 15.8. The van der Waals surface area contributed by atoms with Crippen LogP contribution in [0.2, 0.25) is 10.0 Å². The first-order valence-electron chi connectivity index (χ1n) is 22.5. The lowest BCUT2D eigenvalue weighted by Gasteiger charge is -2.29. The SMILES string of the molecule is N[C@H](Cc1ccccc1)Cc1cc2cc(C[C@H](N)Cc3ccccc3)c(-c3ccc(F)cc3)c(-c3cccc(C(F)(F)F)c3C(F)(F)F)c2c(C[C@H](N)Cc2ccccc2)c1-c1ccc(Cl)c(Cl)c1. The van der Waals surface area contributed by atoms with Crippen molar-refractivity contribution in [2.24, 2.45) is 17.2 Å². The number of hydrogen-bond acceptors (Lipinski definition) is 3. The van der Waals surface area contributed by atoms with Crippen molar-refractivity contribution in [3.05, 3.63) is 224 Å². The van der Waals surface area contributed by atoms with E-state index in [1.165, 1.54) is 24.3 Å². The van der Waals surface area contributed by atoms with Crippen LogP contribution in [0, 0.1) is 5.82 Å². The van der Waals surface area contributed by atoms with Crippen LogP contribution in [-0.2, 0) is 50.9 Å². The monoisotopic (exact) mass is 977 g/mol. The minimum absolute atomic E-state index is 0.0335. The van der Waals surface area contributed by atoms with Crippen LogP contribution in [0.3, 0.4) is 0 Å². The molecule has 3 nitrogen and oxygen atoms in total. The Morgan fingerprint density at radius 1 is 0.435 bits per heavy atom. The largest absolute Gasteiger partial charge is 0.417 e. The van der Waals surface area contributed by atoms with Gasteiger partial charge in [-0.15, -0.1) is 0 Å². The first kappa shape index (κ1) is 49.4. The summed E-state index contributed by atoms with van der Waals surface area (Å²) in [4.78, 5) is 0. The number of alkyl halides is 6. The molecule has 0 amide bonds. The topological polar surface area (TPSA) is 78.1 Å². The smallest absolute Gasteiger partial charge is 0.327 e. The van der Waals surface area contributed by atoms with E-state index in [1.807, 2.05) is 103 Å². The number of hydrogen-bond donors (Lipinski definition) is 3. The minimum atomic E-state index is -5.51. The third-order valence-corrected chi connectivity index (χ3v) is 13.1. The zero-order valence-corrected chi connectivity index (χ0v) is 38.7. The van der Waals surface area contributed by atoms with Gasteiger partial charge in [0.1, 0.15) is 5.82 Å². The second-order valence-corrected chi connectivity index (χ2v) is 18.4. The number of halogens is 9. The second-order valence-electron chi connectivity index (χ2n) is 17.6. The van der Waals surface area contributed by atoms with E-state index in [2.05, 4.69) is 0 Å². The summed E-state index contributed by atoms with van der Waals surface area (Å²) in [7, 11) is 0. The van der Waals surface area contributed by atoms with Crippen LogP contribution in [0.1, 0.15) is 44.5 Å². The van der Waals surface area contributed by atoms with E-state index in [9.17, 15) is 4.39 Å². The highest BCUT2D eigenvalue weighted by atomic mass is 35.5. The Morgan fingerprint density at radius 2 is 0.913 bits per heavy atom. The van der Waals surface area contributed by atoms with E-state index >= 15 is 26.3 Å². The summed E-state index contributed by atoms with van der Waals surface area (Å²) in [5.74, 6) is -0.621. The highest BCUT2D eigenvalue weighted by Crippen LogP contribution is 2.52. The fourth-order valence-electron chi connectivity index (χ4n) is 9.63. The van der Waals surface area contributed by atoms with Gasteiger partial charge in [-0.25, -0.2) is 4.39 Å². The Balaban J connectivity index is 1.55. The summed E-state index contributed by atoms with van der Waals surface area (Å²) < 4.78 is 107. The summed E-state index contributed by atoms with van der Waals surface area (Å²) in [5.41, 5.74) is 22.4. The lowest BCUT2D eigenvalue weighted by molar-refractivity contribution is -0.161. The van der Waals surface area contributed by atoms with E-state index in [-0.39, 0.29) is 51.4 Å². The predicted octanol–water partition coefficient (Wildman–Crippen LogP) is 14.7. The average Bonchev–Trinajstić information content (AvgIpc) is 3.30. The maximum Gasteiger partial charge on any atom is 0.417 e. The van der Waals surface area contributed by atoms with Crippen molar-refractivity contribution in [2.45, 2.75) is 69.0 Å². The Morgan fingerprint density at radius 3 is 1.39 bits per heavy atom. The molecule has 6 N–H and O–H groups in total. The molecule has 0 spiro atoms. The lowest BCUT2D eigenvalue weighted by atomic mass is 9.76. The Bertz CT molecular complexity index is 3050. The number of fused-ring (bicyclic) bond motifs is 1. The summed E-state index contributed by atoms with van der Waals surface area (Å²) in [6, 6.07) is 43.2. The van der Waals surface area contributed by atoms with Crippen LogP contribution < -0.4 is 17.2 Å². The zero-order valence-electron chi connectivity index (χ0n) is 37.2. The molecule has 0 unspecified atom stereocenters. The summed E-state index contributed by atoms with van der Waals surface area (Å²) in [6.07, 6.45) is -9.37. The van der Waals surface area contributed by atoms with Gasteiger partial charge in [0.05, 0.1) is 21.2 Å². The fraction of sp³-hybridized carbons (Fsp3) is 0.193. The molecule has 0 bridgehead atoms. The highest BCUT2D eigenvalue weighted by molar-refractivity contribution is 6.42. The van der Waals surface area contributed by atoms with Crippen molar-refractivity contribution in [3.63, 3.8) is 0 Å². The van der Waals surface area contributed by atoms with Gasteiger partial charge in [0.25, 0.3) is 0 Å². The summed E-state index contributed by atoms with van der Waals surface area (Å²) >= 11 is 13.3. The van der Waals surface area contributed by atoms with Crippen LogP contribution in [0.25, 0.3) is 44.2 Å². The quantitative estimate of drug-likeness (QED) is 0.0896. The summed E-state index contributed by atoms with van der Waals surface area (Å²) in [6.45, 7) is 0. The molecule has 0 heterocycles. The van der Waals surface area contributed by atoms with Gasteiger partial charge in [-0.05, 0) is 146 Å². The van der Waals surface area contributed by atoms with Crippen LogP contribution in [0.5, 0.6) is 0 Å². The number of rotatable bonds is 15. The van der Waals surface area contributed by atoms with E-state index in [1.54, 1.807) is 18.2 Å². The van der Waals surface area contributed by atoms with Crippen LogP contribution in [0.4, 0.5) is 30.7 Å². The van der Waals surface area contributed by atoms with Crippen molar-refractivity contribution >= 4 is 34.0 Å². The van der Waals surface area contributed by atoms with E-state index in [0.29, 0.717) is 58.5 Å². The third kappa shape index (κ3) is 11.5. The van der Waals surface area contributed by atoms with Gasteiger partial charge in [-0.1, -0.05) is 157 Å². The number of nitrogens with two attached hydrogens (primary N) is 3. The normalized spacial score (nSPS) is 13.4. The molecule has 0 fully saturated rings. The first-order valence-corrected chi connectivity index (χ1v) is 23.2. The van der Waals surface area contributed by atoms with Gasteiger partial charge in [-0.2, -0.15) is 26.3 Å². The standard InChI is InChI=1S/C57H48Cl2F7N3/c58-49-24-21-38(32-50(49)59)51-40(30-43(67)25-34-11-4-1-5-12-34)28-39-29-41(31-44(68)26-35-13-6-2-7-14-35)52(37-19-22-42(60)23-20-37)54(46-17-10-18-48(56(61,62)63)55(46)57(64,65)66)53(39)47(51)33-45(69)27-36-15-8-3-9-16-36/h1-24,28-29,32,43-45H,25-27,30-31,33,67-69H2/t43-,44-,45-/m1/s1. The molecule has 8 rings (SSSR count). The molecule has 3 atom stereocenters. The molecule has 69 heavy (non-hydrogen) atoms. The molecular weight excluding hydrogens is 931 g/mol. The molecule has 8 aromatic rings. The van der Waals surface area contributed by atoms with Crippen molar-refractivity contribution in [3.8, 4) is 33.4 Å². The molecule has 0 aliphatic carbocycles. The van der Waals surface area contributed by atoms with Gasteiger partial charge in [-0.3, -0.25) is 0 Å². The molecule has 354 valence electrons. The third-order valence-electron chi connectivity index (χ3n) is 12.4. The maximum atomic E-state index is 15.8. The predicted molar refractivity (Wildman–Crippen MR) is 266 cm³/mol.